The number of nitrogens with two attached hydrogens (primary N) is 1. The van der Waals surface area contributed by atoms with E-state index in [1.165, 1.54) is 0 Å². The number of pyridine rings is 1. The third-order valence-corrected chi connectivity index (χ3v) is 4.98. The van der Waals surface area contributed by atoms with Crippen LogP contribution in [-0.4, -0.2) is 34.0 Å². The van der Waals surface area contributed by atoms with E-state index >= 15 is 0 Å². The second kappa shape index (κ2) is 7.11. The van der Waals surface area contributed by atoms with E-state index in [1.54, 1.807) is 20.0 Å². The van der Waals surface area contributed by atoms with Gasteiger partial charge in [-0.25, -0.2) is 9.78 Å². The molecule has 1 aromatic heterocycles. The fourth-order valence-electron chi connectivity index (χ4n) is 3.56. The number of benzene rings is 1. The molecule has 2 aromatic rings. The first-order valence-corrected chi connectivity index (χ1v) is 8.93. The van der Waals surface area contributed by atoms with Crippen LogP contribution in [0.4, 0.5) is 4.79 Å². The SMILES string of the molecule is CC(C)(C[C@@H]1CCN(Cc2ccc3ccnc(Cl)c3c2)C1=O)OC(N)=O. The molecule has 0 aliphatic carbocycles. The molecule has 1 atom stereocenters. The van der Waals surface area contributed by atoms with Crippen LogP contribution in [0, 0.1) is 5.92 Å². The van der Waals surface area contributed by atoms with E-state index in [0.717, 1.165) is 22.8 Å². The van der Waals surface area contributed by atoms with Crippen LogP contribution in [0.2, 0.25) is 5.15 Å². The summed E-state index contributed by atoms with van der Waals surface area (Å²) in [6.45, 7) is 4.74. The van der Waals surface area contributed by atoms with Crippen molar-refractivity contribution >= 4 is 34.4 Å². The van der Waals surface area contributed by atoms with E-state index in [-0.39, 0.29) is 11.8 Å². The van der Waals surface area contributed by atoms with Gasteiger partial charge < -0.3 is 15.4 Å². The average Bonchev–Trinajstić information content (AvgIpc) is 2.87. The summed E-state index contributed by atoms with van der Waals surface area (Å²) in [5.74, 6) is -0.0985. The minimum absolute atomic E-state index is 0.0727. The number of amides is 2. The van der Waals surface area contributed by atoms with E-state index in [9.17, 15) is 9.59 Å². The standard InChI is InChI=1S/C19H22ClN3O3/c1-19(2,26-18(21)25)10-14-6-8-23(17(14)24)11-12-3-4-13-5-7-22-16(20)15(13)9-12/h3-5,7,9,14H,6,8,10-11H2,1-2H3,(H2,21,25)/t14-/m0/s1. The lowest BCUT2D eigenvalue weighted by Crippen LogP contribution is -2.35. The molecule has 2 amide bonds. The second-order valence-electron chi connectivity index (χ2n) is 7.29. The van der Waals surface area contributed by atoms with Crippen molar-refractivity contribution in [2.75, 3.05) is 6.54 Å². The molecule has 138 valence electrons. The maximum absolute atomic E-state index is 12.7. The fourth-order valence-corrected chi connectivity index (χ4v) is 3.78. The van der Waals surface area contributed by atoms with Gasteiger partial charge in [0.15, 0.2) is 0 Å². The van der Waals surface area contributed by atoms with Crippen LogP contribution in [0.3, 0.4) is 0 Å². The fraction of sp³-hybridized carbons (Fsp3) is 0.421. The molecule has 26 heavy (non-hydrogen) atoms. The number of fused-ring (bicyclic) bond motifs is 1. The molecule has 1 aliphatic heterocycles. The van der Waals surface area contributed by atoms with Crippen LogP contribution in [0.25, 0.3) is 10.8 Å². The Hall–Kier alpha value is -2.34. The number of hydrogen-bond donors (Lipinski definition) is 1. The predicted octanol–water partition coefficient (Wildman–Crippen LogP) is 3.50. The Balaban J connectivity index is 1.69. The maximum atomic E-state index is 12.7. The third kappa shape index (κ3) is 4.07. The summed E-state index contributed by atoms with van der Waals surface area (Å²) in [5.41, 5.74) is 5.35. The van der Waals surface area contributed by atoms with Crippen LogP contribution in [0.5, 0.6) is 0 Å². The number of carbonyl (C=O) groups excluding carboxylic acids is 2. The monoisotopic (exact) mass is 375 g/mol. The Labute approximate surface area is 157 Å². The molecule has 0 unspecified atom stereocenters. The largest absolute Gasteiger partial charge is 0.444 e. The molecule has 1 aromatic carbocycles. The van der Waals surface area contributed by atoms with Crippen LogP contribution < -0.4 is 5.73 Å². The minimum Gasteiger partial charge on any atom is -0.444 e. The van der Waals surface area contributed by atoms with Crippen molar-refractivity contribution in [1.82, 2.24) is 9.88 Å². The summed E-state index contributed by atoms with van der Waals surface area (Å²) in [7, 11) is 0. The number of nitrogens with zero attached hydrogens (tertiary/aromatic N) is 2. The number of aromatic nitrogens is 1. The number of ether oxygens (including phenoxy) is 1. The maximum Gasteiger partial charge on any atom is 0.405 e. The second-order valence-corrected chi connectivity index (χ2v) is 7.65. The van der Waals surface area contributed by atoms with Gasteiger partial charge in [0.25, 0.3) is 0 Å². The van der Waals surface area contributed by atoms with Gasteiger partial charge in [0.05, 0.1) is 0 Å². The van der Waals surface area contributed by atoms with Crippen molar-refractivity contribution in [2.24, 2.45) is 11.7 Å². The topological polar surface area (TPSA) is 85.5 Å². The van der Waals surface area contributed by atoms with Gasteiger partial charge in [0.1, 0.15) is 10.8 Å². The van der Waals surface area contributed by atoms with Gasteiger partial charge in [-0.15, -0.1) is 0 Å². The summed E-state index contributed by atoms with van der Waals surface area (Å²) in [4.78, 5) is 29.7. The van der Waals surface area contributed by atoms with Crippen molar-refractivity contribution in [3.8, 4) is 0 Å². The summed E-state index contributed by atoms with van der Waals surface area (Å²) >= 11 is 6.17. The molecule has 3 rings (SSSR count). The van der Waals surface area contributed by atoms with Crippen molar-refractivity contribution in [1.29, 1.82) is 0 Å². The van der Waals surface area contributed by atoms with Crippen molar-refractivity contribution in [3.05, 3.63) is 41.2 Å². The first kappa shape index (κ1) is 18.5. The van der Waals surface area contributed by atoms with Crippen molar-refractivity contribution in [2.45, 2.75) is 38.8 Å². The van der Waals surface area contributed by atoms with Gasteiger partial charge in [-0.1, -0.05) is 23.7 Å². The Morgan fingerprint density at radius 3 is 2.92 bits per heavy atom. The molecule has 0 radical (unpaired) electrons. The van der Waals surface area contributed by atoms with Gasteiger partial charge in [-0.2, -0.15) is 0 Å². The summed E-state index contributed by atoms with van der Waals surface area (Å²) < 4.78 is 5.11. The number of primary amides is 1. The predicted molar refractivity (Wildman–Crippen MR) is 99.6 cm³/mol. The molecule has 0 bridgehead atoms. The van der Waals surface area contributed by atoms with E-state index in [2.05, 4.69) is 4.98 Å². The quantitative estimate of drug-likeness (QED) is 0.810. The van der Waals surface area contributed by atoms with Gasteiger partial charge in [-0.05, 0) is 49.8 Å². The number of halogens is 1. The van der Waals surface area contributed by atoms with Crippen molar-refractivity contribution in [3.63, 3.8) is 0 Å². The molecule has 2 N–H and O–H groups in total. The molecular weight excluding hydrogens is 354 g/mol. The Kier molecular flexibility index (Phi) is 5.05. The first-order chi connectivity index (χ1) is 12.2. The average molecular weight is 376 g/mol. The Morgan fingerprint density at radius 1 is 1.42 bits per heavy atom. The molecule has 6 nitrogen and oxygen atoms in total. The number of hydrogen-bond acceptors (Lipinski definition) is 4. The smallest absolute Gasteiger partial charge is 0.405 e. The lowest BCUT2D eigenvalue weighted by Gasteiger charge is -2.26. The molecule has 1 fully saturated rings. The lowest BCUT2D eigenvalue weighted by atomic mass is 9.92. The van der Waals surface area contributed by atoms with Gasteiger partial charge in [0.2, 0.25) is 5.91 Å². The normalized spacial score (nSPS) is 17.7. The Bertz CT molecular complexity index is 853. The van der Waals surface area contributed by atoms with Gasteiger partial charge in [0, 0.05) is 30.6 Å². The zero-order valence-electron chi connectivity index (χ0n) is 14.9. The summed E-state index contributed by atoms with van der Waals surface area (Å²) in [5, 5.41) is 2.36. The summed E-state index contributed by atoms with van der Waals surface area (Å²) in [6.07, 6.45) is 2.05. The van der Waals surface area contributed by atoms with Crippen LogP contribution >= 0.6 is 11.6 Å². The third-order valence-electron chi connectivity index (χ3n) is 4.68. The zero-order valence-corrected chi connectivity index (χ0v) is 15.6. The minimum atomic E-state index is -0.820. The number of carbonyl (C=O) groups is 2. The lowest BCUT2D eigenvalue weighted by molar-refractivity contribution is -0.133. The van der Waals surface area contributed by atoms with Crippen molar-refractivity contribution < 1.29 is 14.3 Å². The van der Waals surface area contributed by atoms with Crippen LogP contribution in [-0.2, 0) is 16.1 Å². The highest BCUT2D eigenvalue weighted by Gasteiger charge is 2.37. The molecule has 2 heterocycles. The molecular formula is C19H22ClN3O3. The number of likely N-dealkylation sites (tertiary alicyclic amines) is 1. The summed E-state index contributed by atoms with van der Waals surface area (Å²) in [6, 6.07) is 7.87. The van der Waals surface area contributed by atoms with Crippen LogP contribution in [0.15, 0.2) is 30.5 Å². The van der Waals surface area contributed by atoms with E-state index in [4.69, 9.17) is 22.1 Å². The Morgan fingerprint density at radius 2 is 2.19 bits per heavy atom. The van der Waals surface area contributed by atoms with Gasteiger partial charge in [-0.3, -0.25) is 4.79 Å². The zero-order chi connectivity index (χ0) is 18.9. The highest BCUT2D eigenvalue weighted by molar-refractivity contribution is 6.34. The highest BCUT2D eigenvalue weighted by atomic mass is 35.5. The van der Waals surface area contributed by atoms with E-state index < -0.39 is 11.7 Å². The van der Waals surface area contributed by atoms with Gasteiger partial charge >= 0.3 is 6.09 Å². The van der Waals surface area contributed by atoms with E-state index in [0.29, 0.717) is 24.7 Å². The molecule has 0 saturated carbocycles. The first-order valence-electron chi connectivity index (χ1n) is 8.55. The molecule has 0 spiro atoms. The molecule has 1 saturated heterocycles. The van der Waals surface area contributed by atoms with Crippen LogP contribution in [0.1, 0.15) is 32.3 Å². The molecule has 7 heteroatoms. The number of rotatable bonds is 5. The molecule has 1 aliphatic rings. The highest BCUT2D eigenvalue weighted by Crippen LogP contribution is 2.30. The van der Waals surface area contributed by atoms with E-state index in [1.807, 2.05) is 29.2 Å².